The van der Waals surface area contributed by atoms with Crippen LogP contribution < -0.4 is 16.8 Å². The summed E-state index contributed by atoms with van der Waals surface area (Å²) in [6.45, 7) is 3.68. The molecule has 0 bridgehead atoms. The molecule has 0 aromatic rings. The summed E-state index contributed by atoms with van der Waals surface area (Å²) in [6, 6.07) is 0. The lowest BCUT2D eigenvalue weighted by molar-refractivity contribution is 0.935. The highest BCUT2D eigenvalue weighted by Gasteiger charge is 2.01. The second-order valence-electron chi connectivity index (χ2n) is 2.26. The van der Waals surface area contributed by atoms with Crippen molar-refractivity contribution < 1.29 is 0 Å². The number of rotatable bonds is 2. The second-order valence-corrected chi connectivity index (χ2v) is 2.67. The lowest BCUT2D eigenvalue weighted by atomic mass is 10.1. The van der Waals surface area contributed by atoms with Crippen LogP contribution in [0.2, 0.25) is 0 Å². The van der Waals surface area contributed by atoms with Crippen LogP contribution in [0.1, 0.15) is 13.8 Å². The quantitative estimate of drug-likeness (QED) is 0.430. The Kier molecular flexibility index (Phi) is 3.82. The first-order chi connectivity index (χ1) is 5.00. The molecule has 64 valence electrons. The first kappa shape index (κ1) is 10.2. The van der Waals surface area contributed by atoms with Crippen molar-refractivity contribution in [3.8, 4) is 0 Å². The van der Waals surface area contributed by atoms with E-state index >= 15 is 0 Å². The molecule has 0 amide bonds. The lowest BCUT2D eigenvalue weighted by Gasteiger charge is -2.07. The molecular weight excluding hydrogens is 162 g/mol. The predicted octanol–water partition coefficient (Wildman–Crippen LogP) is 0.825. The van der Waals surface area contributed by atoms with E-state index in [0.717, 1.165) is 11.1 Å². The van der Waals surface area contributed by atoms with E-state index in [2.05, 4.69) is 5.32 Å². The SMILES string of the molecule is CN/C(N)=C(C)/C(C)=C(\N)Cl. The average Bonchev–Trinajstić information content (AvgIpc) is 2.00. The minimum Gasteiger partial charge on any atom is -0.389 e. The molecule has 0 rings (SSSR count). The molecule has 0 radical (unpaired) electrons. The molecule has 0 unspecified atom stereocenters. The zero-order chi connectivity index (χ0) is 9.02. The lowest BCUT2D eigenvalue weighted by Crippen LogP contribution is -2.17. The van der Waals surface area contributed by atoms with E-state index < -0.39 is 0 Å². The van der Waals surface area contributed by atoms with Gasteiger partial charge in [0, 0.05) is 7.05 Å². The fourth-order valence-electron chi connectivity index (χ4n) is 0.569. The molecule has 5 N–H and O–H groups in total. The van der Waals surface area contributed by atoms with Crippen molar-refractivity contribution in [3.05, 3.63) is 22.1 Å². The summed E-state index contributed by atoms with van der Waals surface area (Å²) in [5, 5.41) is 3.09. The van der Waals surface area contributed by atoms with Gasteiger partial charge in [-0.15, -0.1) is 0 Å². The Morgan fingerprint density at radius 3 is 1.91 bits per heavy atom. The number of nitrogens with one attached hydrogen (secondary N) is 1. The fourth-order valence-corrected chi connectivity index (χ4v) is 0.710. The predicted molar refractivity (Wildman–Crippen MR) is 48.7 cm³/mol. The van der Waals surface area contributed by atoms with Gasteiger partial charge in [0.05, 0.1) is 5.82 Å². The number of allylic oxidation sites excluding steroid dienone is 2. The van der Waals surface area contributed by atoms with Crippen LogP contribution in [0, 0.1) is 0 Å². The molecule has 0 saturated carbocycles. The van der Waals surface area contributed by atoms with Gasteiger partial charge in [0.1, 0.15) is 5.16 Å². The molecule has 0 atom stereocenters. The Balaban J connectivity index is 4.75. The first-order valence-corrected chi connectivity index (χ1v) is 3.64. The molecule has 0 aromatic carbocycles. The van der Waals surface area contributed by atoms with Crippen molar-refractivity contribution >= 4 is 11.6 Å². The summed E-state index contributed by atoms with van der Waals surface area (Å²) in [6.07, 6.45) is 0. The zero-order valence-electron chi connectivity index (χ0n) is 7.03. The van der Waals surface area contributed by atoms with Crippen LogP contribution in [0.3, 0.4) is 0 Å². The van der Waals surface area contributed by atoms with E-state index in [-0.39, 0.29) is 5.16 Å². The number of halogens is 1. The number of hydrogen-bond donors (Lipinski definition) is 3. The third kappa shape index (κ3) is 2.72. The minimum absolute atomic E-state index is 0.278. The van der Waals surface area contributed by atoms with Gasteiger partial charge in [-0.1, -0.05) is 11.6 Å². The Morgan fingerprint density at radius 1 is 1.18 bits per heavy atom. The van der Waals surface area contributed by atoms with Gasteiger partial charge in [0.2, 0.25) is 0 Å². The van der Waals surface area contributed by atoms with Crippen LogP contribution in [0.15, 0.2) is 22.1 Å². The van der Waals surface area contributed by atoms with Crippen LogP contribution in [-0.4, -0.2) is 7.05 Å². The highest BCUT2D eigenvalue weighted by Crippen LogP contribution is 2.13. The van der Waals surface area contributed by atoms with Gasteiger partial charge in [-0.05, 0) is 25.0 Å². The maximum absolute atomic E-state index is 5.58. The highest BCUT2D eigenvalue weighted by molar-refractivity contribution is 6.29. The second kappa shape index (κ2) is 4.13. The molecule has 3 nitrogen and oxygen atoms in total. The smallest absolute Gasteiger partial charge is 0.102 e. The van der Waals surface area contributed by atoms with E-state index in [0.29, 0.717) is 5.82 Å². The summed E-state index contributed by atoms with van der Waals surface area (Å²) in [5.74, 6) is 0.589. The average molecular weight is 176 g/mol. The molecule has 4 heteroatoms. The monoisotopic (exact) mass is 175 g/mol. The van der Waals surface area contributed by atoms with E-state index in [9.17, 15) is 0 Å². The van der Waals surface area contributed by atoms with Crippen molar-refractivity contribution in [2.75, 3.05) is 7.05 Å². The van der Waals surface area contributed by atoms with Gasteiger partial charge in [0.15, 0.2) is 0 Å². The topological polar surface area (TPSA) is 64.1 Å². The van der Waals surface area contributed by atoms with Gasteiger partial charge >= 0.3 is 0 Å². The minimum atomic E-state index is 0.278. The van der Waals surface area contributed by atoms with Crippen molar-refractivity contribution in [2.24, 2.45) is 11.5 Å². The van der Waals surface area contributed by atoms with Crippen molar-refractivity contribution in [2.45, 2.75) is 13.8 Å². The van der Waals surface area contributed by atoms with Gasteiger partial charge in [0.25, 0.3) is 0 Å². The van der Waals surface area contributed by atoms with Gasteiger partial charge in [-0.2, -0.15) is 0 Å². The fraction of sp³-hybridized carbons (Fsp3) is 0.429. The Bertz CT molecular complexity index is 202. The maximum Gasteiger partial charge on any atom is 0.102 e. The molecule has 0 aliphatic rings. The van der Waals surface area contributed by atoms with Crippen LogP contribution in [0.4, 0.5) is 0 Å². The summed E-state index contributed by atoms with van der Waals surface area (Å²) < 4.78 is 0. The molecule has 11 heavy (non-hydrogen) atoms. The molecule has 0 heterocycles. The van der Waals surface area contributed by atoms with Gasteiger partial charge < -0.3 is 16.8 Å². The Labute approximate surface area is 72.1 Å². The van der Waals surface area contributed by atoms with Crippen LogP contribution in [0.25, 0.3) is 0 Å². The summed E-state index contributed by atoms with van der Waals surface area (Å²) in [4.78, 5) is 0. The van der Waals surface area contributed by atoms with Crippen molar-refractivity contribution in [1.29, 1.82) is 0 Å². The Morgan fingerprint density at radius 2 is 1.64 bits per heavy atom. The third-order valence-electron chi connectivity index (χ3n) is 1.59. The normalized spacial score (nSPS) is 15.3. The molecule has 0 aliphatic heterocycles. The molecule has 0 spiro atoms. The number of nitrogens with two attached hydrogens (primary N) is 2. The zero-order valence-corrected chi connectivity index (χ0v) is 7.79. The van der Waals surface area contributed by atoms with Gasteiger partial charge in [-0.25, -0.2) is 0 Å². The molecular formula is C7H14ClN3. The van der Waals surface area contributed by atoms with E-state index in [1.807, 2.05) is 13.8 Å². The van der Waals surface area contributed by atoms with E-state index in [4.69, 9.17) is 23.1 Å². The maximum atomic E-state index is 5.58. The van der Waals surface area contributed by atoms with Crippen molar-refractivity contribution in [1.82, 2.24) is 5.32 Å². The highest BCUT2D eigenvalue weighted by atomic mass is 35.5. The van der Waals surface area contributed by atoms with E-state index in [1.165, 1.54) is 0 Å². The summed E-state index contributed by atoms with van der Waals surface area (Å²) >= 11 is 5.56. The first-order valence-electron chi connectivity index (χ1n) is 3.27. The van der Waals surface area contributed by atoms with Crippen LogP contribution >= 0.6 is 11.6 Å². The molecule has 0 saturated heterocycles. The number of hydrogen-bond acceptors (Lipinski definition) is 3. The summed E-state index contributed by atoms with van der Waals surface area (Å²) in [5.41, 5.74) is 12.6. The molecule has 0 aliphatic carbocycles. The van der Waals surface area contributed by atoms with Gasteiger partial charge in [-0.3, -0.25) is 0 Å². The van der Waals surface area contributed by atoms with Crippen molar-refractivity contribution in [3.63, 3.8) is 0 Å². The molecule has 0 aromatic heterocycles. The summed E-state index contributed by atoms with van der Waals surface area (Å²) in [7, 11) is 1.75. The van der Waals surface area contributed by atoms with Crippen LogP contribution in [-0.2, 0) is 0 Å². The largest absolute Gasteiger partial charge is 0.389 e. The Hall–Kier alpha value is -0.830. The standard InChI is InChI=1S/C7H14ClN3/c1-4(6(8)9)5(2)7(10)11-3/h11H,9-10H2,1-3H3/b6-4-,7-5+. The van der Waals surface area contributed by atoms with E-state index in [1.54, 1.807) is 7.05 Å². The van der Waals surface area contributed by atoms with Crippen LogP contribution in [0.5, 0.6) is 0 Å². The molecule has 0 fully saturated rings. The third-order valence-corrected chi connectivity index (χ3v) is 1.88.